The van der Waals surface area contributed by atoms with Crippen molar-refractivity contribution in [2.24, 2.45) is 10.9 Å². The van der Waals surface area contributed by atoms with Gasteiger partial charge in [0, 0.05) is 37.5 Å². The number of ether oxygens (including phenoxy) is 4. The first kappa shape index (κ1) is 32.7. The van der Waals surface area contributed by atoms with Gasteiger partial charge in [-0.05, 0) is 64.0 Å². The first-order chi connectivity index (χ1) is 22.6. The van der Waals surface area contributed by atoms with Crippen molar-refractivity contribution in [2.75, 3.05) is 45.4 Å². The predicted molar refractivity (Wildman–Crippen MR) is 180 cm³/mol. The fourth-order valence-electron chi connectivity index (χ4n) is 7.22. The molecule has 1 unspecified atom stereocenters. The summed E-state index contributed by atoms with van der Waals surface area (Å²) in [5, 5.41) is 11.4. The summed E-state index contributed by atoms with van der Waals surface area (Å²) in [7, 11) is 3.13. The number of hydrogen-bond donors (Lipinski definition) is 1. The van der Waals surface area contributed by atoms with Crippen molar-refractivity contribution >= 4 is 29.4 Å². The van der Waals surface area contributed by atoms with Crippen LogP contribution in [0.3, 0.4) is 0 Å². The van der Waals surface area contributed by atoms with Gasteiger partial charge in [0.15, 0.2) is 23.0 Å². The zero-order valence-corrected chi connectivity index (χ0v) is 28.0. The highest BCUT2D eigenvalue weighted by molar-refractivity contribution is 6.04. The van der Waals surface area contributed by atoms with Crippen LogP contribution in [0.5, 0.6) is 23.0 Å². The number of amides is 2. The minimum Gasteiger partial charge on any atom is -0.493 e. The normalized spacial score (nSPS) is 23.3. The lowest BCUT2D eigenvalue weighted by atomic mass is 10.1. The average Bonchev–Trinajstić information content (AvgIpc) is 3.58. The van der Waals surface area contributed by atoms with E-state index < -0.39 is 6.23 Å². The summed E-state index contributed by atoms with van der Waals surface area (Å²) in [5.74, 6) is 2.37. The molecule has 0 radical (unpaired) electrons. The van der Waals surface area contributed by atoms with Crippen LogP contribution in [0.4, 0.5) is 11.4 Å². The van der Waals surface area contributed by atoms with Crippen molar-refractivity contribution in [2.45, 2.75) is 77.2 Å². The van der Waals surface area contributed by atoms with Gasteiger partial charge in [-0.15, -0.1) is 0 Å². The molecule has 252 valence electrons. The third-order valence-electron chi connectivity index (χ3n) is 9.54. The van der Waals surface area contributed by atoms with E-state index >= 15 is 0 Å². The number of methoxy groups -OCH3 is 2. The molecule has 11 nitrogen and oxygen atoms in total. The molecule has 1 N–H and O–H groups in total. The summed E-state index contributed by atoms with van der Waals surface area (Å²) < 4.78 is 23.5. The molecule has 2 saturated heterocycles. The van der Waals surface area contributed by atoms with Gasteiger partial charge in [0.2, 0.25) is 0 Å². The maximum Gasteiger partial charge on any atom is 0.256 e. The number of nitrogens with zero attached hydrogens (tertiary/aromatic N) is 4. The van der Waals surface area contributed by atoms with E-state index in [1.165, 1.54) is 0 Å². The molecular weight excluding hydrogens is 600 g/mol. The molecule has 2 aromatic rings. The average molecular weight is 647 g/mol. The number of aliphatic hydroxyl groups is 1. The molecule has 0 aliphatic carbocycles. The van der Waals surface area contributed by atoms with Crippen molar-refractivity contribution in [3.05, 3.63) is 47.5 Å². The van der Waals surface area contributed by atoms with Gasteiger partial charge in [-0.2, -0.15) is 0 Å². The van der Waals surface area contributed by atoms with Gasteiger partial charge in [-0.25, -0.2) is 0 Å². The van der Waals surface area contributed by atoms with Crippen LogP contribution in [0.15, 0.2) is 41.4 Å². The number of carbonyl (C=O) groups is 2. The molecule has 2 aromatic carbocycles. The van der Waals surface area contributed by atoms with E-state index in [9.17, 15) is 14.7 Å². The second-order valence-corrected chi connectivity index (χ2v) is 13.3. The molecule has 47 heavy (non-hydrogen) atoms. The summed E-state index contributed by atoms with van der Waals surface area (Å²) in [4.78, 5) is 37.0. The number of unbranched alkanes of at least 4 members (excludes halogenated alkanes) is 2. The maximum atomic E-state index is 13.6. The number of aliphatic imine (C=N–C) groups is 1. The minimum atomic E-state index is -0.868. The fraction of sp³-hybridized carbons (Fsp3) is 0.528. The van der Waals surface area contributed by atoms with Crippen LogP contribution in [0, 0.1) is 5.92 Å². The van der Waals surface area contributed by atoms with Crippen molar-refractivity contribution in [1.82, 2.24) is 9.80 Å². The summed E-state index contributed by atoms with van der Waals surface area (Å²) in [6, 6.07) is 6.69. The molecule has 11 heteroatoms. The second-order valence-electron chi connectivity index (χ2n) is 13.3. The van der Waals surface area contributed by atoms with Crippen LogP contribution in [-0.4, -0.2) is 97.8 Å². The van der Waals surface area contributed by atoms with Gasteiger partial charge >= 0.3 is 0 Å². The zero-order valence-electron chi connectivity index (χ0n) is 28.0. The Hall–Kier alpha value is -4.25. The second kappa shape index (κ2) is 13.5. The van der Waals surface area contributed by atoms with E-state index in [-0.39, 0.29) is 29.9 Å². The third kappa shape index (κ3) is 6.25. The summed E-state index contributed by atoms with van der Waals surface area (Å²) >= 11 is 0. The lowest BCUT2D eigenvalue weighted by Gasteiger charge is -2.36. The lowest BCUT2D eigenvalue weighted by molar-refractivity contribution is 0.0497. The summed E-state index contributed by atoms with van der Waals surface area (Å²) in [6.45, 7) is 12.3. The molecule has 4 aliphatic heterocycles. The monoisotopic (exact) mass is 646 g/mol. The Morgan fingerprint density at radius 3 is 2.21 bits per heavy atom. The highest BCUT2D eigenvalue weighted by Crippen LogP contribution is 2.43. The number of anilines is 1. The van der Waals surface area contributed by atoms with Crippen molar-refractivity contribution in [3.63, 3.8) is 0 Å². The van der Waals surface area contributed by atoms with Crippen LogP contribution in [-0.2, 0) is 0 Å². The SMILES string of the molecule is C=C1C[C@H]2[C@H](O)N(C(C)C)c3cc(OCCCCCOc4cc5c(cc4OC)C(=O)N4CC(C)C[C@H]4C=N5)c(OC)cc3C(=O)N2C1. The van der Waals surface area contributed by atoms with Gasteiger partial charge in [0.25, 0.3) is 11.8 Å². The van der Waals surface area contributed by atoms with E-state index in [0.29, 0.717) is 77.6 Å². The highest BCUT2D eigenvalue weighted by Gasteiger charge is 2.44. The number of benzene rings is 2. The number of fused-ring (bicyclic) bond motifs is 4. The van der Waals surface area contributed by atoms with E-state index in [4.69, 9.17) is 18.9 Å². The predicted octanol–water partition coefficient (Wildman–Crippen LogP) is 5.22. The van der Waals surface area contributed by atoms with Crippen LogP contribution in [0.1, 0.15) is 73.6 Å². The molecule has 0 spiro atoms. The molecule has 0 bridgehead atoms. The highest BCUT2D eigenvalue weighted by atomic mass is 16.5. The molecule has 2 fully saturated rings. The number of aliphatic hydroxyl groups excluding tert-OH is 1. The van der Waals surface area contributed by atoms with Crippen LogP contribution < -0.4 is 23.8 Å². The van der Waals surface area contributed by atoms with Crippen LogP contribution in [0.2, 0.25) is 0 Å². The van der Waals surface area contributed by atoms with Gasteiger partial charge in [0.05, 0.1) is 62.0 Å². The molecule has 4 heterocycles. The lowest BCUT2D eigenvalue weighted by Crippen LogP contribution is -2.50. The Kier molecular flexibility index (Phi) is 9.36. The number of hydrogen-bond acceptors (Lipinski definition) is 9. The first-order valence-corrected chi connectivity index (χ1v) is 16.6. The van der Waals surface area contributed by atoms with Crippen molar-refractivity contribution in [3.8, 4) is 23.0 Å². The standard InChI is InChI=1S/C36H46N4O7/c1-21(2)40-28-17-33(31(45-6)15-26(28)35(42)39-20-23(4)13-29(39)36(40)43)47-11-9-7-8-10-46-32-16-27-25(14-30(32)44-5)34(41)38-19-22(3)12-24(38)18-37-27/h14-18,21-22,24,29,36,43H,4,7-13,19-20H2,1-3,5-6H3/t22?,24-,29-,36-/m0/s1. The fourth-order valence-corrected chi connectivity index (χ4v) is 7.22. The van der Waals surface area contributed by atoms with E-state index in [1.54, 1.807) is 37.3 Å². The summed E-state index contributed by atoms with van der Waals surface area (Å²) in [6.07, 6.45) is 4.90. The van der Waals surface area contributed by atoms with E-state index in [0.717, 1.165) is 37.8 Å². The Morgan fingerprint density at radius 1 is 0.915 bits per heavy atom. The van der Waals surface area contributed by atoms with Gasteiger partial charge in [-0.3, -0.25) is 14.6 Å². The van der Waals surface area contributed by atoms with Gasteiger partial charge in [0.1, 0.15) is 6.23 Å². The van der Waals surface area contributed by atoms with Crippen molar-refractivity contribution in [1.29, 1.82) is 0 Å². The Morgan fingerprint density at radius 2 is 1.55 bits per heavy atom. The quantitative estimate of drug-likeness (QED) is 0.261. The van der Waals surface area contributed by atoms with E-state index in [2.05, 4.69) is 18.5 Å². The first-order valence-electron chi connectivity index (χ1n) is 16.6. The molecule has 2 amide bonds. The molecular formula is C36H46N4O7. The van der Waals surface area contributed by atoms with E-state index in [1.807, 2.05) is 35.9 Å². The Balaban J connectivity index is 1.06. The van der Waals surface area contributed by atoms with Gasteiger partial charge in [-0.1, -0.05) is 19.1 Å². The largest absolute Gasteiger partial charge is 0.493 e. The Labute approximate surface area is 276 Å². The maximum absolute atomic E-state index is 13.6. The minimum absolute atomic E-state index is 0.0193. The number of rotatable bonds is 11. The molecule has 6 rings (SSSR count). The smallest absolute Gasteiger partial charge is 0.256 e. The zero-order chi connectivity index (χ0) is 33.4. The molecule has 0 aromatic heterocycles. The molecule has 4 aliphatic rings. The van der Waals surface area contributed by atoms with Crippen LogP contribution >= 0.6 is 0 Å². The molecule has 4 atom stereocenters. The van der Waals surface area contributed by atoms with Crippen molar-refractivity contribution < 1.29 is 33.6 Å². The van der Waals surface area contributed by atoms with Gasteiger partial charge < -0.3 is 38.8 Å². The van der Waals surface area contributed by atoms with Crippen LogP contribution in [0.25, 0.3) is 0 Å². The number of carbonyl (C=O) groups excluding carboxylic acids is 2. The molecule has 0 saturated carbocycles. The summed E-state index contributed by atoms with van der Waals surface area (Å²) in [5.41, 5.74) is 3.19. The Bertz CT molecular complexity index is 1570. The topological polar surface area (TPSA) is 113 Å². The third-order valence-corrected chi connectivity index (χ3v) is 9.54.